The topological polar surface area (TPSA) is 46.5 Å². The molecule has 1 aliphatic rings. The fourth-order valence-electron chi connectivity index (χ4n) is 1.77. The van der Waals surface area contributed by atoms with Crippen molar-refractivity contribution in [3.05, 3.63) is 0 Å². The molecule has 1 heterocycles. The molecule has 0 aromatic rings. The Morgan fingerprint density at radius 1 is 1.64 bits per heavy atom. The van der Waals surface area contributed by atoms with E-state index in [4.69, 9.17) is 9.84 Å². The molecule has 0 aromatic heterocycles. The molecule has 4 heteroatoms. The lowest BCUT2D eigenvalue weighted by molar-refractivity contribution is -0.140. The molecule has 0 amide bonds. The molecule has 1 atom stereocenters. The number of hydrogen-bond donors (Lipinski definition) is 1. The highest BCUT2D eigenvalue weighted by molar-refractivity contribution is 8.01. The van der Waals surface area contributed by atoms with Gasteiger partial charge in [-0.25, -0.2) is 0 Å². The molecule has 1 rings (SSSR count). The maximum atomic E-state index is 11.1. The third kappa shape index (κ3) is 2.89. The molecule has 14 heavy (non-hydrogen) atoms. The summed E-state index contributed by atoms with van der Waals surface area (Å²) in [7, 11) is 0. The molecule has 1 saturated heterocycles. The highest BCUT2D eigenvalue weighted by Gasteiger charge is 2.41. The fraction of sp³-hybridized carbons (Fsp3) is 0.900. The first-order valence-electron chi connectivity index (χ1n) is 5.16. The summed E-state index contributed by atoms with van der Waals surface area (Å²) in [5.74, 6) is 0.345. The predicted molar refractivity (Wildman–Crippen MR) is 57.8 cm³/mol. The van der Waals surface area contributed by atoms with E-state index in [0.29, 0.717) is 13.2 Å². The van der Waals surface area contributed by atoms with E-state index in [9.17, 15) is 4.79 Å². The Kier molecular flexibility index (Phi) is 4.75. The second-order valence-corrected chi connectivity index (χ2v) is 5.03. The Morgan fingerprint density at radius 2 is 2.43 bits per heavy atom. The van der Waals surface area contributed by atoms with Gasteiger partial charge in [0.2, 0.25) is 0 Å². The number of hydrogen-bond acceptors (Lipinski definition) is 3. The van der Waals surface area contributed by atoms with E-state index in [0.717, 1.165) is 31.4 Å². The van der Waals surface area contributed by atoms with Crippen molar-refractivity contribution < 1.29 is 14.6 Å². The molecule has 0 radical (unpaired) electrons. The van der Waals surface area contributed by atoms with Gasteiger partial charge in [0.25, 0.3) is 0 Å². The van der Waals surface area contributed by atoms with Crippen LogP contribution in [0.4, 0.5) is 0 Å². The van der Waals surface area contributed by atoms with Crippen LogP contribution in [0.3, 0.4) is 0 Å². The van der Waals surface area contributed by atoms with Crippen LogP contribution >= 0.6 is 11.8 Å². The molecule has 1 unspecified atom stereocenters. The molecule has 0 saturated carbocycles. The van der Waals surface area contributed by atoms with Gasteiger partial charge in [-0.05, 0) is 38.4 Å². The van der Waals surface area contributed by atoms with Gasteiger partial charge in [-0.3, -0.25) is 4.79 Å². The highest BCUT2D eigenvalue weighted by Crippen LogP contribution is 2.41. The minimum absolute atomic E-state index is 0.503. The lowest BCUT2D eigenvalue weighted by atomic mass is 9.98. The van der Waals surface area contributed by atoms with Crippen molar-refractivity contribution in [3.8, 4) is 0 Å². The third-order valence-electron chi connectivity index (χ3n) is 2.57. The average molecular weight is 218 g/mol. The molecule has 1 fully saturated rings. The van der Waals surface area contributed by atoms with Crippen molar-refractivity contribution in [2.75, 3.05) is 19.0 Å². The summed E-state index contributed by atoms with van der Waals surface area (Å²) in [6.07, 6.45) is 3.45. The van der Waals surface area contributed by atoms with Crippen LogP contribution in [0, 0.1) is 0 Å². The standard InChI is InChI=1S/C10H18O3S/c1-2-13-7-3-5-10(9(11)12)6-4-8-14-10/h2-8H2,1H3,(H,11,12). The number of rotatable bonds is 6. The zero-order valence-corrected chi connectivity index (χ0v) is 9.44. The number of thioether (sulfide) groups is 1. The first-order valence-corrected chi connectivity index (χ1v) is 6.15. The van der Waals surface area contributed by atoms with Gasteiger partial charge in [0, 0.05) is 13.2 Å². The van der Waals surface area contributed by atoms with E-state index < -0.39 is 10.7 Å². The van der Waals surface area contributed by atoms with Gasteiger partial charge >= 0.3 is 5.97 Å². The van der Waals surface area contributed by atoms with Gasteiger partial charge in [0.05, 0.1) is 0 Å². The minimum Gasteiger partial charge on any atom is -0.480 e. The van der Waals surface area contributed by atoms with Crippen molar-refractivity contribution in [3.63, 3.8) is 0 Å². The maximum Gasteiger partial charge on any atom is 0.319 e. The molecule has 1 N–H and O–H groups in total. The largest absolute Gasteiger partial charge is 0.480 e. The maximum absolute atomic E-state index is 11.1. The summed E-state index contributed by atoms with van der Waals surface area (Å²) < 4.78 is 4.71. The lowest BCUT2D eigenvalue weighted by Gasteiger charge is -2.22. The predicted octanol–water partition coefficient (Wildman–Crippen LogP) is 2.15. The monoisotopic (exact) mass is 218 g/mol. The Balaban J connectivity index is 2.33. The first kappa shape index (κ1) is 11.9. The minimum atomic E-state index is -0.642. The van der Waals surface area contributed by atoms with Gasteiger partial charge in [-0.1, -0.05) is 0 Å². The Hall–Kier alpha value is -0.220. The Bertz CT molecular complexity index is 188. The van der Waals surface area contributed by atoms with Gasteiger partial charge in [-0.2, -0.15) is 0 Å². The van der Waals surface area contributed by atoms with Crippen LogP contribution in [0.2, 0.25) is 0 Å². The van der Waals surface area contributed by atoms with Crippen LogP contribution in [0.5, 0.6) is 0 Å². The van der Waals surface area contributed by atoms with Gasteiger partial charge in [0.15, 0.2) is 0 Å². The average Bonchev–Trinajstić information content (AvgIpc) is 2.62. The smallest absolute Gasteiger partial charge is 0.319 e. The Labute approximate surface area is 89.2 Å². The molecule has 0 bridgehead atoms. The third-order valence-corrected chi connectivity index (χ3v) is 4.19. The van der Waals surface area contributed by atoms with Gasteiger partial charge in [0.1, 0.15) is 4.75 Å². The fourth-order valence-corrected chi connectivity index (χ4v) is 3.15. The second-order valence-electron chi connectivity index (χ2n) is 3.55. The molecule has 82 valence electrons. The van der Waals surface area contributed by atoms with Crippen molar-refractivity contribution >= 4 is 17.7 Å². The number of carbonyl (C=O) groups is 1. The molecular formula is C10H18O3S. The van der Waals surface area contributed by atoms with Crippen LogP contribution in [0.1, 0.15) is 32.6 Å². The summed E-state index contributed by atoms with van der Waals surface area (Å²) >= 11 is 1.60. The molecule has 0 aliphatic carbocycles. The van der Waals surface area contributed by atoms with Gasteiger partial charge < -0.3 is 9.84 Å². The number of carboxylic acid groups (broad SMARTS) is 1. The van der Waals surface area contributed by atoms with E-state index >= 15 is 0 Å². The van der Waals surface area contributed by atoms with E-state index in [-0.39, 0.29) is 0 Å². The zero-order valence-electron chi connectivity index (χ0n) is 8.62. The second kappa shape index (κ2) is 5.61. The Morgan fingerprint density at radius 3 is 2.93 bits per heavy atom. The van der Waals surface area contributed by atoms with Crippen LogP contribution < -0.4 is 0 Å². The zero-order chi connectivity index (χ0) is 10.4. The van der Waals surface area contributed by atoms with E-state index in [1.807, 2.05) is 6.92 Å². The SMILES string of the molecule is CCOCCCC1(C(=O)O)CCCS1. The van der Waals surface area contributed by atoms with Crippen molar-refractivity contribution in [1.82, 2.24) is 0 Å². The summed E-state index contributed by atoms with van der Waals surface area (Å²) in [4.78, 5) is 11.1. The number of ether oxygens (including phenoxy) is 1. The van der Waals surface area contributed by atoms with Crippen LogP contribution in [-0.4, -0.2) is 34.8 Å². The molecule has 0 aromatic carbocycles. The highest BCUT2D eigenvalue weighted by atomic mass is 32.2. The quantitative estimate of drug-likeness (QED) is 0.694. The molecule has 3 nitrogen and oxygen atoms in total. The van der Waals surface area contributed by atoms with E-state index in [1.165, 1.54) is 0 Å². The van der Waals surface area contributed by atoms with Crippen molar-refractivity contribution in [2.45, 2.75) is 37.4 Å². The number of aliphatic carboxylic acids is 1. The summed E-state index contributed by atoms with van der Waals surface area (Å²) in [5.41, 5.74) is 0. The summed E-state index contributed by atoms with van der Waals surface area (Å²) in [6.45, 7) is 3.36. The number of carboxylic acids is 1. The van der Waals surface area contributed by atoms with E-state index in [1.54, 1.807) is 11.8 Å². The van der Waals surface area contributed by atoms with Crippen molar-refractivity contribution in [2.24, 2.45) is 0 Å². The summed E-state index contributed by atoms with van der Waals surface area (Å²) in [6, 6.07) is 0. The first-order chi connectivity index (χ1) is 6.71. The normalized spacial score (nSPS) is 26.6. The van der Waals surface area contributed by atoms with Crippen LogP contribution in [0.25, 0.3) is 0 Å². The summed E-state index contributed by atoms with van der Waals surface area (Å²) in [5, 5.41) is 9.16. The van der Waals surface area contributed by atoms with Crippen LogP contribution in [0.15, 0.2) is 0 Å². The van der Waals surface area contributed by atoms with Crippen LogP contribution in [-0.2, 0) is 9.53 Å². The molecule has 1 aliphatic heterocycles. The van der Waals surface area contributed by atoms with E-state index in [2.05, 4.69) is 0 Å². The van der Waals surface area contributed by atoms with Gasteiger partial charge in [-0.15, -0.1) is 11.8 Å². The lowest BCUT2D eigenvalue weighted by Crippen LogP contribution is -2.32. The van der Waals surface area contributed by atoms with Crippen molar-refractivity contribution in [1.29, 1.82) is 0 Å². The molecular weight excluding hydrogens is 200 g/mol. The molecule has 0 spiro atoms.